The fourth-order valence-electron chi connectivity index (χ4n) is 7.89. The molecular formula is C42H34N2S. The summed E-state index contributed by atoms with van der Waals surface area (Å²) in [6.07, 6.45) is 14.7. The van der Waals surface area contributed by atoms with Crippen LogP contribution in [0, 0.1) is 0 Å². The smallest absolute Gasteiger partial charge is 0.0620 e. The highest BCUT2D eigenvalue weighted by Gasteiger charge is 2.20. The predicted octanol–water partition coefficient (Wildman–Crippen LogP) is 10.6. The van der Waals surface area contributed by atoms with Gasteiger partial charge < -0.3 is 9.38 Å². The van der Waals surface area contributed by atoms with Crippen LogP contribution in [0.15, 0.2) is 102 Å². The maximum Gasteiger partial charge on any atom is 0.0620 e. The van der Waals surface area contributed by atoms with E-state index in [1.807, 2.05) is 11.8 Å². The van der Waals surface area contributed by atoms with Gasteiger partial charge >= 0.3 is 0 Å². The van der Waals surface area contributed by atoms with Crippen LogP contribution in [0.3, 0.4) is 0 Å². The van der Waals surface area contributed by atoms with E-state index in [4.69, 9.17) is 0 Å². The SMILES string of the molecule is C/C=c1\c(=C/CC)n2c3cc4c(C5=C(SC)C=CCC5)cccc4cc3c3cc(-c4ccc5[nH]c6ccccc6c5c4)cc1c32. The molecule has 0 fully saturated rings. The van der Waals surface area contributed by atoms with Crippen molar-refractivity contribution in [1.29, 1.82) is 0 Å². The van der Waals surface area contributed by atoms with Crippen LogP contribution < -0.4 is 10.6 Å². The number of H-pyrrole nitrogens is 1. The Morgan fingerprint density at radius 3 is 2.51 bits per heavy atom. The molecule has 8 aromatic rings. The van der Waals surface area contributed by atoms with Crippen molar-refractivity contribution in [3.05, 3.63) is 118 Å². The molecule has 3 heteroatoms. The van der Waals surface area contributed by atoms with Crippen LogP contribution in [-0.2, 0) is 0 Å². The average Bonchev–Trinajstić information content (AvgIpc) is 3.72. The normalized spacial score (nSPS) is 15.1. The van der Waals surface area contributed by atoms with Crippen molar-refractivity contribution < 1.29 is 0 Å². The minimum Gasteiger partial charge on any atom is -0.355 e. The van der Waals surface area contributed by atoms with Crippen molar-refractivity contribution in [1.82, 2.24) is 9.38 Å². The zero-order valence-electron chi connectivity index (χ0n) is 25.9. The topological polar surface area (TPSA) is 20.2 Å². The zero-order chi connectivity index (χ0) is 30.2. The molecule has 1 N–H and O–H groups in total. The molecule has 5 aromatic carbocycles. The Bertz CT molecular complexity index is 2680. The molecule has 0 atom stereocenters. The van der Waals surface area contributed by atoms with E-state index in [1.54, 1.807) is 0 Å². The second kappa shape index (κ2) is 10.2. The van der Waals surface area contributed by atoms with E-state index >= 15 is 0 Å². The zero-order valence-corrected chi connectivity index (χ0v) is 26.7. The third-order valence-corrected chi connectivity index (χ3v) is 10.7. The molecule has 0 saturated carbocycles. The van der Waals surface area contributed by atoms with Gasteiger partial charge in [-0.2, -0.15) is 0 Å². The molecule has 1 aliphatic carbocycles. The molecule has 0 bridgehead atoms. The maximum absolute atomic E-state index is 3.60. The van der Waals surface area contributed by atoms with Crippen LogP contribution in [0.1, 0.15) is 38.7 Å². The fraction of sp³-hybridized carbons (Fsp3) is 0.143. The number of thioether (sulfide) groups is 1. The first-order chi connectivity index (χ1) is 22.2. The Kier molecular flexibility index (Phi) is 6.01. The number of aromatic amines is 1. The Hall–Kier alpha value is -4.73. The van der Waals surface area contributed by atoms with Gasteiger partial charge in [-0.3, -0.25) is 0 Å². The molecule has 0 amide bonds. The standard InChI is InChI=1S/C42H34N2S/c1-4-11-39-28(5-2)35-22-27(25-18-19-38-33(20-25)30-13-6-8-16-37(30)43-38)23-36-34-21-26-12-10-15-29(31-14-7-9-17-41(31)45-3)32(26)24-40(34)44(39)42(35)36/h5-6,8-13,15-24,43H,4,7,14H2,1-3H3/b28-5-,39-11+. The summed E-state index contributed by atoms with van der Waals surface area (Å²) in [6.45, 7) is 4.43. The first kappa shape index (κ1) is 26.7. The molecule has 9 rings (SSSR count). The van der Waals surface area contributed by atoms with Crippen LogP contribution in [-0.4, -0.2) is 15.6 Å². The fourth-order valence-corrected chi connectivity index (χ4v) is 8.58. The van der Waals surface area contributed by atoms with Gasteiger partial charge in [0.25, 0.3) is 0 Å². The molecule has 1 aliphatic rings. The lowest BCUT2D eigenvalue weighted by atomic mass is 9.92. The van der Waals surface area contributed by atoms with E-state index in [0.29, 0.717) is 0 Å². The molecule has 0 saturated heterocycles. The maximum atomic E-state index is 3.60. The number of benzene rings is 5. The minimum absolute atomic E-state index is 0.987. The second-order valence-corrected chi connectivity index (χ2v) is 13.1. The van der Waals surface area contributed by atoms with Gasteiger partial charge in [0.2, 0.25) is 0 Å². The highest BCUT2D eigenvalue weighted by molar-refractivity contribution is 8.02. The van der Waals surface area contributed by atoms with E-state index in [9.17, 15) is 0 Å². The van der Waals surface area contributed by atoms with E-state index in [0.717, 1.165) is 19.3 Å². The Morgan fingerprint density at radius 1 is 0.800 bits per heavy atom. The van der Waals surface area contributed by atoms with Gasteiger partial charge in [-0.15, -0.1) is 11.8 Å². The highest BCUT2D eigenvalue weighted by Crippen LogP contribution is 2.41. The first-order valence-corrected chi connectivity index (χ1v) is 17.3. The van der Waals surface area contributed by atoms with Crippen molar-refractivity contribution in [2.45, 2.75) is 33.1 Å². The molecule has 218 valence electrons. The lowest BCUT2D eigenvalue weighted by Crippen LogP contribution is -2.25. The number of fused-ring (bicyclic) bond motifs is 7. The summed E-state index contributed by atoms with van der Waals surface area (Å²) in [5, 5.41) is 11.8. The lowest BCUT2D eigenvalue weighted by Gasteiger charge is -2.17. The summed E-state index contributed by atoms with van der Waals surface area (Å²) >= 11 is 1.86. The van der Waals surface area contributed by atoms with Crippen molar-refractivity contribution in [2.75, 3.05) is 6.26 Å². The van der Waals surface area contributed by atoms with Crippen LogP contribution >= 0.6 is 11.8 Å². The number of aromatic nitrogens is 2. The van der Waals surface area contributed by atoms with Gasteiger partial charge in [-0.05, 0) is 108 Å². The van der Waals surface area contributed by atoms with Gasteiger partial charge in [0, 0.05) is 53.4 Å². The summed E-state index contributed by atoms with van der Waals surface area (Å²) in [5.41, 5.74) is 10.4. The van der Waals surface area contributed by atoms with Crippen LogP contribution in [0.5, 0.6) is 0 Å². The summed E-state index contributed by atoms with van der Waals surface area (Å²) in [7, 11) is 0. The van der Waals surface area contributed by atoms with E-state index in [1.165, 1.54) is 97.5 Å². The van der Waals surface area contributed by atoms with Gasteiger partial charge in [0.05, 0.1) is 11.0 Å². The highest BCUT2D eigenvalue weighted by atomic mass is 32.2. The number of nitrogens with one attached hydrogen (secondary N) is 1. The molecule has 3 aromatic heterocycles. The van der Waals surface area contributed by atoms with E-state index in [2.05, 4.69) is 139 Å². The summed E-state index contributed by atoms with van der Waals surface area (Å²) in [4.78, 5) is 4.99. The van der Waals surface area contributed by atoms with E-state index in [-0.39, 0.29) is 0 Å². The van der Waals surface area contributed by atoms with Crippen LogP contribution in [0.4, 0.5) is 0 Å². The molecular weight excluding hydrogens is 565 g/mol. The monoisotopic (exact) mass is 598 g/mol. The molecule has 0 radical (unpaired) electrons. The Labute approximate surface area is 266 Å². The predicted molar refractivity (Wildman–Crippen MR) is 199 cm³/mol. The van der Waals surface area contributed by atoms with Crippen molar-refractivity contribution in [3.63, 3.8) is 0 Å². The Balaban J connectivity index is 1.39. The second-order valence-electron chi connectivity index (χ2n) is 12.3. The molecule has 0 aliphatic heterocycles. The van der Waals surface area contributed by atoms with Gasteiger partial charge in [-0.1, -0.05) is 73.7 Å². The lowest BCUT2D eigenvalue weighted by molar-refractivity contribution is 1.05. The molecule has 45 heavy (non-hydrogen) atoms. The van der Waals surface area contributed by atoms with Crippen LogP contribution in [0.2, 0.25) is 0 Å². The van der Waals surface area contributed by atoms with Gasteiger partial charge in [0.15, 0.2) is 0 Å². The number of hydrogen-bond donors (Lipinski definition) is 1. The third-order valence-electron chi connectivity index (χ3n) is 9.87. The van der Waals surface area contributed by atoms with Crippen molar-refractivity contribution >= 4 is 89.3 Å². The number of nitrogens with zero attached hydrogens (tertiary/aromatic N) is 1. The van der Waals surface area contributed by atoms with Crippen molar-refractivity contribution in [2.24, 2.45) is 0 Å². The largest absolute Gasteiger partial charge is 0.355 e. The number of rotatable bonds is 4. The number of hydrogen-bond acceptors (Lipinski definition) is 1. The summed E-state index contributed by atoms with van der Waals surface area (Å²) in [6, 6.07) is 32.1. The average molecular weight is 599 g/mol. The van der Waals surface area contributed by atoms with Crippen LogP contribution in [0.25, 0.3) is 88.6 Å². The molecule has 0 spiro atoms. The summed E-state index contributed by atoms with van der Waals surface area (Å²) in [5.74, 6) is 0. The number of para-hydroxylation sites is 1. The quantitative estimate of drug-likeness (QED) is 0.214. The van der Waals surface area contributed by atoms with E-state index < -0.39 is 0 Å². The summed E-state index contributed by atoms with van der Waals surface area (Å²) < 4.78 is 2.55. The minimum atomic E-state index is 0.987. The first-order valence-electron chi connectivity index (χ1n) is 16.1. The van der Waals surface area contributed by atoms with Gasteiger partial charge in [0.1, 0.15) is 0 Å². The Morgan fingerprint density at radius 2 is 1.64 bits per heavy atom. The van der Waals surface area contributed by atoms with Crippen molar-refractivity contribution in [3.8, 4) is 11.1 Å². The third kappa shape index (κ3) is 3.83. The van der Waals surface area contributed by atoms with Gasteiger partial charge in [-0.25, -0.2) is 0 Å². The number of allylic oxidation sites excluding steroid dienone is 3. The molecule has 2 nitrogen and oxygen atoms in total. The molecule has 0 unspecified atom stereocenters. The molecule has 3 heterocycles.